The van der Waals surface area contributed by atoms with Crippen molar-refractivity contribution in [3.05, 3.63) is 54.1 Å². The number of esters is 1. The Morgan fingerprint density at radius 2 is 1.69 bits per heavy atom. The minimum Gasteiger partial charge on any atom is -0.494 e. The first-order valence-electron chi connectivity index (χ1n) is 10.2. The van der Waals surface area contributed by atoms with E-state index in [1.165, 1.54) is 28.6 Å². The molecule has 1 N–H and O–H groups in total. The molecular formula is C22H26N2O7S. The Balaban J connectivity index is 1.46. The van der Waals surface area contributed by atoms with Gasteiger partial charge in [-0.05, 0) is 48.9 Å². The number of nitrogens with one attached hydrogen (secondary N) is 1. The summed E-state index contributed by atoms with van der Waals surface area (Å²) in [5, 5.41) is 2.58. The Morgan fingerprint density at radius 1 is 1.03 bits per heavy atom. The number of rotatable bonds is 9. The van der Waals surface area contributed by atoms with Crippen LogP contribution in [-0.4, -0.2) is 64.1 Å². The molecule has 1 fully saturated rings. The maximum atomic E-state index is 12.6. The minimum absolute atomic E-state index is 0.0355. The van der Waals surface area contributed by atoms with Crippen LogP contribution in [0.4, 0.5) is 5.69 Å². The number of hydrogen-bond donors (Lipinski definition) is 1. The van der Waals surface area contributed by atoms with Gasteiger partial charge in [-0.25, -0.2) is 8.42 Å². The zero-order valence-electron chi connectivity index (χ0n) is 17.8. The van der Waals surface area contributed by atoms with Crippen molar-refractivity contribution in [2.24, 2.45) is 0 Å². The van der Waals surface area contributed by atoms with Crippen LogP contribution in [0.2, 0.25) is 0 Å². The van der Waals surface area contributed by atoms with E-state index >= 15 is 0 Å². The van der Waals surface area contributed by atoms with Crippen LogP contribution in [0.3, 0.4) is 0 Å². The molecule has 0 radical (unpaired) electrons. The number of carbonyl (C=O) groups is 2. The highest BCUT2D eigenvalue weighted by Gasteiger charge is 2.26. The van der Waals surface area contributed by atoms with Gasteiger partial charge in [-0.15, -0.1) is 0 Å². The summed E-state index contributed by atoms with van der Waals surface area (Å²) in [6, 6.07) is 12.9. The van der Waals surface area contributed by atoms with Gasteiger partial charge in [0.1, 0.15) is 5.75 Å². The molecule has 0 atom stereocenters. The SMILES string of the molecule is CCOc1ccc(CC(=O)OCC(=O)Nc2ccc(S(=O)(=O)N3CCOCC3)cc2)cc1. The van der Waals surface area contributed by atoms with Crippen molar-refractivity contribution in [1.29, 1.82) is 0 Å². The minimum atomic E-state index is -3.60. The van der Waals surface area contributed by atoms with Crippen LogP contribution in [0, 0.1) is 0 Å². The van der Waals surface area contributed by atoms with Crippen LogP contribution in [0.5, 0.6) is 5.75 Å². The largest absolute Gasteiger partial charge is 0.494 e. The number of anilines is 1. The molecule has 3 rings (SSSR count). The standard InChI is InChI=1S/C22H26N2O7S/c1-2-30-19-7-3-17(4-8-19)15-22(26)31-16-21(25)23-18-5-9-20(10-6-18)32(27,28)24-11-13-29-14-12-24/h3-10H,2,11-16H2,1H3,(H,23,25). The van der Waals surface area contributed by atoms with E-state index in [0.717, 1.165) is 5.56 Å². The van der Waals surface area contributed by atoms with E-state index in [1.807, 2.05) is 6.92 Å². The van der Waals surface area contributed by atoms with Crippen molar-refractivity contribution in [2.75, 3.05) is 44.8 Å². The average Bonchev–Trinajstić information content (AvgIpc) is 2.80. The van der Waals surface area contributed by atoms with Gasteiger partial charge in [-0.2, -0.15) is 4.31 Å². The van der Waals surface area contributed by atoms with E-state index < -0.39 is 28.5 Å². The van der Waals surface area contributed by atoms with Crippen LogP contribution >= 0.6 is 0 Å². The first-order valence-corrected chi connectivity index (χ1v) is 11.7. The number of nitrogens with zero attached hydrogens (tertiary/aromatic N) is 1. The fourth-order valence-corrected chi connectivity index (χ4v) is 4.49. The topological polar surface area (TPSA) is 111 Å². The van der Waals surface area contributed by atoms with Crippen molar-refractivity contribution < 1.29 is 32.2 Å². The van der Waals surface area contributed by atoms with E-state index in [4.69, 9.17) is 14.2 Å². The summed E-state index contributed by atoms with van der Waals surface area (Å²) in [7, 11) is -3.60. The zero-order chi connectivity index (χ0) is 23.0. The molecule has 1 aliphatic rings. The molecule has 2 aromatic carbocycles. The molecule has 1 saturated heterocycles. The second-order valence-corrected chi connectivity index (χ2v) is 8.94. The summed E-state index contributed by atoms with van der Waals surface area (Å²) < 4.78 is 42.2. The lowest BCUT2D eigenvalue weighted by Gasteiger charge is -2.26. The molecule has 172 valence electrons. The molecule has 0 aliphatic carbocycles. The Morgan fingerprint density at radius 3 is 2.31 bits per heavy atom. The summed E-state index contributed by atoms with van der Waals surface area (Å²) >= 11 is 0. The fraction of sp³-hybridized carbons (Fsp3) is 0.364. The third-order valence-corrected chi connectivity index (χ3v) is 6.61. The first-order chi connectivity index (χ1) is 15.4. The fourth-order valence-electron chi connectivity index (χ4n) is 3.08. The van der Waals surface area contributed by atoms with Gasteiger partial charge < -0.3 is 19.5 Å². The lowest BCUT2D eigenvalue weighted by atomic mass is 10.1. The summed E-state index contributed by atoms with van der Waals surface area (Å²) in [6.07, 6.45) is 0.0355. The molecule has 32 heavy (non-hydrogen) atoms. The lowest BCUT2D eigenvalue weighted by molar-refractivity contribution is -0.146. The number of ether oxygens (including phenoxy) is 3. The predicted octanol–water partition coefficient (Wildman–Crippen LogP) is 1.83. The predicted molar refractivity (Wildman–Crippen MR) is 117 cm³/mol. The average molecular weight is 463 g/mol. The van der Waals surface area contributed by atoms with E-state index in [9.17, 15) is 18.0 Å². The van der Waals surface area contributed by atoms with Gasteiger partial charge >= 0.3 is 5.97 Å². The number of hydrogen-bond acceptors (Lipinski definition) is 7. The van der Waals surface area contributed by atoms with Crippen LogP contribution in [0.15, 0.2) is 53.4 Å². The molecule has 0 unspecified atom stereocenters. The van der Waals surface area contributed by atoms with E-state index in [-0.39, 0.29) is 11.3 Å². The molecule has 1 heterocycles. The Labute approximate surface area is 187 Å². The summed E-state index contributed by atoms with van der Waals surface area (Å²) in [5.74, 6) is -0.335. The molecule has 0 aromatic heterocycles. The smallest absolute Gasteiger partial charge is 0.310 e. The second kappa shape index (κ2) is 11.1. The third kappa shape index (κ3) is 6.52. The number of amides is 1. The maximum absolute atomic E-state index is 12.6. The molecular weight excluding hydrogens is 436 g/mol. The summed E-state index contributed by atoms with van der Waals surface area (Å²) in [6.45, 7) is 3.35. The van der Waals surface area contributed by atoms with Crippen molar-refractivity contribution in [2.45, 2.75) is 18.2 Å². The summed E-state index contributed by atoms with van der Waals surface area (Å²) in [4.78, 5) is 24.2. The first kappa shape index (κ1) is 23.7. The number of benzene rings is 2. The molecule has 0 spiro atoms. The highest BCUT2D eigenvalue weighted by molar-refractivity contribution is 7.89. The Bertz CT molecular complexity index is 1020. The highest BCUT2D eigenvalue weighted by Crippen LogP contribution is 2.19. The molecule has 0 bridgehead atoms. The molecule has 2 aromatic rings. The van der Waals surface area contributed by atoms with E-state index in [1.54, 1.807) is 24.3 Å². The zero-order valence-corrected chi connectivity index (χ0v) is 18.6. The maximum Gasteiger partial charge on any atom is 0.310 e. The second-order valence-electron chi connectivity index (χ2n) is 7.00. The molecule has 9 nitrogen and oxygen atoms in total. The van der Waals surface area contributed by atoms with Gasteiger partial charge in [0, 0.05) is 18.8 Å². The normalized spacial score (nSPS) is 14.5. The monoisotopic (exact) mass is 462 g/mol. The molecule has 1 amide bonds. The van der Waals surface area contributed by atoms with Crippen molar-refractivity contribution in [1.82, 2.24) is 4.31 Å². The van der Waals surface area contributed by atoms with Gasteiger partial charge in [0.2, 0.25) is 10.0 Å². The molecule has 10 heteroatoms. The number of morpholine rings is 1. The van der Waals surface area contributed by atoms with Gasteiger partial charge in [0.15, 0.2) is 6.61 Å². The van der Waals surface area contributed by atoms with Crippen molar-refractivity contribution >= 4 is 27.6 Å². The van der Waals surface area contributed by atoms with E-state index in [0.29, 0.717) is 44.3 Å². The van der Waals surface area contributed by atoms with Crippen LogP contribution < -0.4 is 10.1 Å². The lowest BCUT2D eigenvalue weighted by Crippen LogP contribution is -2.40. The van der Waals surface area contributed by atoms with E-state index in [2.05, 4.69) is 5.32 Å². The van der Waals surface area contributed by atoms with Gasteiger partial charge in [0.25, 0.3) is 5.91 Å². The number of sulfonamides is 1. The van der Waals surface area contributed by atoms with Gasteiger partial charge in [-0.3, -0.25) is 9.59 Å². The Hall–Kier alpha value is -2.95. The third-order valence-electron chi connectivity index (χ3n) is 4.69. The van der Waals surface area contributed by atoms with Crippen LogP contribution in [0.25, 0.3) is 0 Å². The molecule has 1 aliphatic heterocycles. The van der Waals surface area contributed by atoms with Crippen molar-refractivity contribution in [3.63, 3.8) is 0 Å². The van der Waals surface area contributed by atoms with Crippen molar-refractivity contribution in [3.8, 4) is 5.75 Å². The summed E-state index contributed by atoms with van der Waals surface area (Å²) in [5.41, 5.74) is 1.15. The van der Waals surface area contributed by atoms with Gasteiger partial charge in [0.05, 0.1) is 31.1 Å². The highest BCUT2D eigenvalue weighted by atomic mass is 32.2. The van der Waals surface area contributed by atoms with Crippen LogP contribution in [-0.2, 0) is 35.5 Å². The molecule has 0 saturated carbocycles. The number of carbonyl (C=O) groups excluding carboxylic acids is 2. The quantitative estimate of drug-likeness (QED) is 0.566. The van der Waals surface area contributed by atoms with Gasteiger partial charge in [-0.1, -0.05) is 12.1 Å². The van der Waals surface area contributed by atoms with Crippen LogP contribution in [0.1, 0.15) is 12.5 Å². The Kier molecular flexibility index (Phi) is 8.20.